The van der Waals surface area contributed by atoms with Crippen LogP contribution in [-0.4, -0.2) is 34.6 Å². The molecule has 4 atom stereocenters. The first kappa shape index (κ1) is 26.4. The summed E-state index contributed by atoms with van der Waals surface area (Å²) in [6.07, 6.45) is 7.57. The van der Waals surface area contributed by atoms with Crippen LogP contribution in [0.2, 0.25) is 0 Å². The minimum atomic E-state index is -0.376. The number of furan rings is 1. The number of aliphatic hydroxyl groups is 1. The molecule has 1 N–H and O–H groups in total. The molecule has 2 aliphatic heterocycles. The Morgan fingerprint density at radius 1 is 1.05 bits per heavy atom. The number of ether oxygens (including phenoxy) is 1. The predicted molar refractivity (Wildman–Crippen MR) is 152 cm³/mol. The zero-order chi connectivity index (χ0) is 27.6. The summed E-state index contributed by atoms with van der Waals surface area (Å²) in [5.74, 6) is 0.217. The van der Waals surface area contributed by atoms with E-state index in [9.17, 15) is 14.7 Å². The van der Waals surface area contributed by atoms with Crippen LogP contribution in [0.5, 0.6) is 0 Å². The van der Waals surface area contributed by atoms with Gasteiger partial charge in [-0.3, -0.25) is 19.5 Å². The standard InChI is InChI=1S/C33H34N2O5/c1-2-8-22-18-26-31(33(38)35(32(26)37)23-9-4-3-5-10-23)27-20-39-29(30(22)27)15-12-21(28-11-6-7-16-34-28)17-24-13-14-25(19-36)40-24/h3-7,9-11,13-14,16-17,26-27,29,31,36H,2,8,12,15,18-20H2,1H3/b21-17-/t26-,27+,29-,31-/m1/s1. The van der Waals surface area contributed by atoms with Gasteiger partial charge in [0.25, 0.3) is 0 Å². The van der Waals surface area contributed by atoms with Crippen LogP contribution < -0.4 is 4.90 Å². The number of carbonyl (C=O) groups excluding carboxylic acids is 2. The number of hydrogen-bond donors (Lipinski definition) is 1. The third kappa shape index (κ3) is 4.84. The first-order chi connectivity index (χ1) is 19.6. The zero-order valence-electron chi connectivity index (χ0n) is 22.7. The van der Waals surface area contributed by atoms with Crippen LogP contribution >= 0.6 is 0 Å². The number of allylic oxidation sites excluding steroid dienone is 2. The van der Waals surface area contributed by atoms with Crippen molar-refractivity contribution in [2.75, 3.05) is 11.5 Å². The number of imide groups is 1. The van der Waals surface area contributed by atoms with E-state index >= 15 is 0 Å². The molecule has 1 aliphatic carbocycles. The van der Waals surface area contributed by atoms with Crippen LogP contribution in [0.15, 0.2) is 82.4 Å². The van der Waals surface area contributed by atoms with Gasteiger partial charge in [0, 0.05) is 12.1 Å². The molecule has 0 spiro atoms. The largest absolute Gasteiger partial charge is 0.459 e. The van der Waals surface area contributed by atoms with Crippen LogP contribution in [-0.2, 0) is 20.9 Å². The normalized spacial score (nSPS) is 24.6. The maximum Gasteiger partial charge on any atom is 0.238 e. The van der Waals surface area contributed by atoms with E-state index in [4.69, 9.17) is 9.15 Å². The fraction of sp³-hybridized carbons (Fsp3) is 0.364. The van der Waals surface area contributed by atoms with Gasteiger partial charge in [-0.15, -0.1) is 0 Å². The fourth-order valence-electron chi connectivity index (χ4n) is 6.69. The third-order valence-corrected chi connectivity index (χ3v) is 8.40. The van der Waals surface area contributed by atoms with Gasteiger partial charge < -0.3 is 14.3 Å². The average Bonchev–Trinajstić information content (AvgIpc) is 3.69. The quantitative estimate of drug-likeness (QED) is 0.273. The average molecular weight is 539 g/mol. The van der Waals surface area contributed by atoms with Gasteiger partial charge in [-0.2, -0.15) is 0 Å². The van der Waals surface area contributed by atoms with Crippen molar-refractivity contribution in [3.05, 3.63) is 95.2 Å². The molecule has 4 heterocycles. The van der Waals surface area contributed by atoms with E-state index in [0.717, 1.165) is 30.5 Å². The maximum absolute atomic E-state index is 13.7. The summed E-state index contributed by atoms with van der Waals surface area (Å²) in [4.78, 5) is 33.2. The highest BCUT2D eigenvalue weighted by Crippen LogP contribution is 2.51. The van der Waals surface area contributed by atoms with Crippen molar-refractivity contribution in [2.24, 2.45) is 17.8 Å². The van der Waals surface area contributed by atoms with Crippen LogP contribution in [0, 0.1) is 17.8 Å². The lowest BCUT2D eigenvalue weighted by molar-refractivity contribution is -0.122. The number of rotatable bonds is 9. The van der Waals surface area contributed by atoms with Crippen molar-refractivity contribution >= 4 is 29.2 Å². The first-order valence-electron chi connectivity index (χ1n) is 14.2. The molecule has 0 radical (unpaired) electrons. The highest BCUT2D eigenvalue weighted by molar-refractivity contribution is 6.22. The molecule has 6 rings (SSSR count). The van der Waals surface area contributed by atoms with Crippen LogP contribution in [0.3, 0.4) is 0 Å². The number of pyridine rings is 1. The second-order valence-corrected chi connectivity index (χ2v) is 10.8. The topological polar surface area (TPSA) is 92.9 Å². The molecule has 2 amide bonds. The Morgan fingerprint density at radius 3 is 2.60 bits per heavy atom. The van der Waals surface area contributed by atoms with Crippen molar-refractivity contribution in [1.82, 2.24) is 4.98 Å². The SMILES string of the molecule is CCCC1=C2[C@@H](CC/C(=C/c3ccc(CO)o3)c3ccccn3)OC[C@@H]2[C@@H]2C(=O)N(c3ccccc3)C(=O)[C@@H]2C1. The molecule has 0 bridgehead atoms. The molecule has 3 aliphatic rings. The minimum Gasteiger partial charge on any atom is -0.459 e. The Hall–Kier alpha value is -3.81. The van der Waals surface area contributed by atoms with Crippen molar-refractivity contribution < 1.29 is 23.8 Å². The van der Waals surface area contributed by atoms with E-state index in [2.05, 4.69) is 11.9 Å². The number of aromatic nitrogens is 1. The van der Waals surface area contributed by atoms with Crippen molar-refractivity contribution in [2.45, 2.75) is 51.7 Å². The first-order valence-corrected chi connectivity index (χ1v) is 14.2. The number of hydrogen-bond acceptors (Lipinski definition) is 6. The fourth-order valence-corrected chi connectivity index (χ4v) is 6.69. The molecule has 0 saturated carbocycles. The highest BCUT2D eigenvalue weighted by Gasteiger charge is 2.57. The summed E-state index contributed by atoms with van der Waals surface area (Å²) >= 11 is 0. The number of para-hydroxylation sites is 1. The number of aliphatic hydroxyl groups excluding tert-OH is 1. The van der Waals surface area contributed by atoms with Crippen LogP contribution in [0.1, 0.15) is 56.2 Å². The van der Waals surface area contributed by atoms with E-state index in [1.54, 1.807) is 12.3 Å². The molecule has 2 saturated heterocycles. The van der Waals surface area contributed by atoms with E-state index in [0.29, 0.717) is 36.7 Å². The summed E-state index contributed by atoms with van der Waals surface area (Å²) in [5, 5.41) is 9.41. The Balaban J connectivity index is 1.27. The minimum absolute atomic E-state index is 0.0741. The van der Waals surface area contributed by atoms with Gasteiger partial charge >= 0.3 is 0 Å². The van der Waals surface area contributed by atoms with Gasteiger partial charge in [0.05, 0.1) is 35.9 Å². The summed E-state index contributed by atoms with van der Waals surface area (Å²) in [7, 11) is 0. The highest BCUT2D eigenvalue weighted by atomic mass is 16.5. The number of nitrogens with zero attached hydrogens (tertiary/aromatic N) is 2. The Morgan fingerprint density at radius 2 is 1.88 bits per heavy atom. The van der Waals surface area contributed by atoms with Crippen molar-refractivity contribution in [3.63, 3.8) is 0 Å². The molecule has 3 aromatic rings. The second kappa shape index (κ2) is 11.4. The Kier molecular flexibility index (Phi) is 7.50. The molecule has 0 unspecified atom stereocenters. The van der Waals surface area contributed by atoms with Gasteiger partial charge in [-0.25, -0.2) is 0 Å². The lowest BCUT2D eigenvalue weighted by Crippen LogP contribution is -2.34. The lowest BCUT2D eigenvalue weighted by atomic mass is 9.68. The van der Waals surface area contributed by atoms with Crippen LogP contribution in [0.4, 0.5) is 5.69 Å². The number of anilines is 1. The van der Waals surface area contributed by atoms with E-state index < -0.39 is 0 Å². The second-order valence-electron chi connectivity index (χ2n) is 10.8. The lowest BCUT2D eigenvalue weighted by Gasteiger charge is -2.32. The summed E-state index contributed by atoms with van der Waals surface area (Å²) in [6, 6.07) is 18.7. The number of amides is 2. The van der Waals surface area contributed by atoms with Gasteiger partial charge in [0.1, 0.15) is 18.1 Å². The molecule has 1 aromatic carbocycles. The van der Waals surface area contributed by atoms with Gasteiger partial charge in [0.15, 0.2) is 0 Å². The molecule has 7 heteroatoms. The predicted octanol–water partition coefficient (Wildman–Crippen LogP) is 5.81. The molecule has 206 valence electrons. The third-order valence-electron chi connectivity index (χ3n) is 8.40. The summed E-state index contributed by atoms with van der Waals surface area (Å²) < 4.78 is 12.2. The van der Waals surface area contributed by atoms with Gasteiger partial charge in [0.2, 0.25) is 11.8 Å². The van der Waals surface area contributed by atoms with E-state index in [-0.39, 0.29) is 42.3 Å². The number of fused-ring (bicyclic) bond motifs is 3. The molecular formula is C33H34N2O5. The van der Waals surface area contributed by atoms with Crippen LogP contribution in [0.25, 0.3) is 11.6 Å². The Labute approximate surface area is 234 Å². The monoisotopic (exact) mass is 538 g/mol. The van der Waals surface area contributed by atoms with E-state index in [1.807, 2.05) is 60.7 Å². The van der Waals surface area contributed by atoms with Gasteiger partial charge in [-0.1, -0.05) is 43.2 Å². The zero-order valence-corrected chi connectivity index (χ0v) is 22.7. The molecule has 2 fully saturated rings. The van der Waals surface area contributed by atoms with Crippen molar-refractivity contribution in [3.8, 4) is 0 Å². The van der Waals surface area contributed by atoms with E-state index in [1.165, 1.54) is 16.0 Å². The number of carbonyl (C=O) groups is 2. The molecule has 7 nitrogen and oxygen atoms in total. The molecular weight excluding hydrogens is 504 g/mol. The number of benzene rings is 1. The maximum atomic E-state index is 13.7. The van der Waals surface area contributed by atoms with Crippen molar-refractivity contribution in [1.29, 1.82) is 0 Å². The molecule has 40 heavy (non-hydrogen) atoms. The smallest absolute Gasteiger partial charge is 0.238 e. The summed E-state index contributed by atoms with van der Waals surface area (Å²) in [6.45, 7) is 2.46. The Bertz CT molecular complexity index is 1440. The van der Waals surface area contributed by atoms with Gasteiger partial charge in [-0.05, 0) is 79.3 Å². The summed E-state index contributed by atoms with van der Waals surface area (Å²) in [5.41, 5.74) is 5.04. The molecule has 2 aromatic heterocycles.